The maximum Gasteiger partial charge on any atom is 0.0717 e. The summed E-state index contributed by atoms with van der Waals surface area (Å²) in [6.45, 7) is 7.50. The Labute approximate surface area is 111 Å². The minimum atomic E-state index is 0.742. The van der Waals surface area contributed by atoms with Gasteiger partial charge in [0.2, 0.25) is 0 Å². The van der Waals surface area contributed by atoms with Crippen LogP contribution in [0, 0.1) is 5.92 Å². The van der Waals surface area contributed by atoms with Crippen molar-refractivity contribution in [3.63, 3.8) is 0 Å². The van der Waals surface area contributed by atoms with Gasteiger partial charge in [0.25, 0.3) is 0 Å². The molecule has 100 valence electrons. The minimum absolute atomic E-state index is 0.742. The number of hydrogen-bond donors (Lipinski definition) is 0. The molecule has 1 aliphatic rings. The van der Waals surface area contributed by atoms with E-state index in [1.54, 1.807) is 0 Å². The lowest BCUT2D eigenvalue weighted by atomic mass is 9.94. The van der Waals surface area contributed by atoms with Gasteiger partial charge in [-0.2, -0.15) is 0 Å². The van der Waals surface area contributed by atoms with Gasteiger partial charge in [-0.05, 0) is 37.4 Å². The van der Waals surface area contributed by atoms with Crippen LogP contribution in [0.3, 0.4) is 0 Å². The molecule has 2 nitrogen and oxygen atoms in total. The fourth-order valence-electron chi connectivity index (χ4n) is 2.58. The lowest BCUT2D eigenvalue weighted by Gasteiger charge is -2.31. The highest BCUT2D eigenvalue weighted by Gasteiger charge is 2.16. The molecule has 0 N–H and O–H groups in total. The predicted molar refractivity (Wildman–Crippen MR) is 75.6 cm³/mol. The average molecular weight is 247 g/mol. The Bertz CT molecular complexity index is 317. The smallest absolute Gasteiger partial charge is 0.0717 e. The van der Waals surface area contributed by atoms with Gasteiger partial charge in [0.05, 0.1) is 13.2 Å². The molecule has 1 heterocycles. The Morgan fingerprint density at radius 2 is 1.89 bits per heavy atom. The summed E-state index contributed by atoms with van der Waals surface area (Å²) in [6, 6.07) is 10.4. The lowest BCUT2D eigenvalue weighted by molar-refractivity contribution is 0.0790. The summed E-state index contributed by atoms with van der Waals surface area (Å²) in [5.74, 6) is 0.964. The van der Waals surface area contributed by atoms with Crippen molar-refractivity contribution in [3.05, 3.63) is 35.9 Å². The molecule has 18 heavy (non-hydrogen) atoms. The van der Waals surface area contributed by atoms with Gasteiger partial charge in [-0.3, -0.25) is 0 Å². The number of rotatable bonds is 6. The Hall–Kier alpha value is -0.860. The highest BCUT2D eigenvalue weighted by molar-refractivity contribution is 5.13. The quantitative estimate of drug-likeness (QED) is 0.715. The third-order valence-corrected chi connectivity index (χ3v) is 3.95. The second-order valence-electron chi connectivity index (χ2n) is 5.23. The number of benzene rings is 1. The van der Waals surface area contributed by atoms with Gasteiger partial charge < -0.3 is 9.64 Å². The van der Waals surface area contributed by atoms with Crippen molar-refractivity contribution < 1.29 is 4.74 Å². The molecule has 0 aliphatic carbocycles. The standard InChI is InChI=1S/C16H25NO/c1-2-15-8-10-17(11-9-15)12-13-18-14-16-6-4-3-5-7-16/h3-7,15H,2,8-14H2,1H3. The van der Waals surface area contributed by atoms with Crippen molar-refractivity contribution in [1.29, 1.82) is 0 Å². The molecule has 0 radical (unpaired) electrons. The average Bonchev–Trinajstić information content (AvgIpc) is 2.45. The molecule has 0 unspecified atom stereocenters. The van der Waals surface area contributed by atoms with Crippen LogP contribution >= 0.6 is 0 Å². The molecule has 1 fully saturated rings. The molecule has 0 aromatic heterocycles. The van der Waals surface area contributed by atoms with E-state index in [-0.39, 0.29) is 0 Å². The Balaban J connectivity index is 1.56. The van der Waals surface area contributed by atoms with Crippen LogP contribution in [-0.4, -0.2) is 31.1 Å². The molecule has 0 spiro atoms. The fourth-order valence-corrected chi connectivity index (χ4v) is 2.58. The monoisotopic (exact) mass is 247 g/mol. The van der Waals surface area contributed by atoms with Gasteiger partial charge in [0.15, 0.2) is 0 Å². The van der Waals surface area contributed by atoms with Crippen LogP contribution in [0.1, 0.15) is 31.7 Å². The van der Waals surface area contributed by atoms with E-state index in [4.69, 9.17) is 4.74 Å². The van der Waals surface area contributed by atoms with Crippen molar-refractivity contribution >= 4 is 0 Å². The topological polar surface area (TPSA) is 12.5 Å². The van der Waals surface area contributed by atoms with E-state index in [1.165, 1.54) is 37.9 Å². The Morgan fingerprint density at radius 3 is 2.56 bits per heavy atom. The summed E-state index contributed by atoms with van der Waals surface area (Å²) >= 11 is 0. The summed E-state index contributed by atoms with van der Waals surface area (Å²) in [5, 5.41) is 0. The first kappa shape index (κ1) is 13.6. The van der Waals surface area contributed by atoms with Crippen LogP contribution in [0.2, 0.25) is 0 Å². The summed E-state index contributed by atoms with van der Waals surface area (Å²) in [6.07, 6.45) is 4.09. The van der Waals surface area contributed by atoms with E-state index in [2.05, 4.69) is 36.1 Å². The first-order chi connectivity index (χ1) is 8.88. The summed E-state index contributed by atoms with van der Waals surface area (Å²) in [7, 11) is 0. The van der Waals surface area contributed by atoms with Gasteiger partial charge in [-0.25, -0.2) is 0 Å². The number of likely N-dealkylation sites (tertiary alicyclic amines) is 1. The third kappa shape index (κ3) is 4.43. The first-order valence-corrected chi connectivity index (χ1v) is 7.22. The van der Waals surface area contributed by atoms with E-state index in [1.807, 2.05) is 6.07 Å². The van der Waals surface area contributed by atoms with Crippen LogP contribution < -0.4 is 0 Å². The van der Waals surface area contributed by atoms with Crippen LogP contribution in [-0.2, 0) is 11.3 Å². The SMILES string of the molecule is CCC1CCN(CCOCc2ccccc2)CC1. The highest BCUT2D eigenvalue weighted by Crippen LogP contribution is 2.19. The van der Waals surface area contributed by atoms with E-state index >= 15 is 0 Å². The molecule has 2 rings (SSSR count). The maximum absolute atomic E-state index is 5.73. The van der Waals surface area contributed by atoms with E-state index in [0.29, 0.717) is 0 Å². The molecule has 0 amide bonds. The second-order valence-corrected chi connectivity index (χ2v) is 5.23. The molecule has 0 bridgehead atoms. The second kappa shape index (κ2) is 7.55. The summed E-state index contributed by atoms with van der Waals surface area (Å²) in [4.78, 5) is 2.54. The molecule has 1 aromatic carbocycles. The molecular formula is C16H25NO. The zero-order valence-electron chi connectivity index (χ0n) is 11.5. The molecule has 1 aromatic rings. The van der Waals surface area contributed by atoms with Crippen molar-refractivity contribution in [2.24, 2.45) is 5.92 Å². The van der Waals surface area contributed by atoms with Crippen LogP contribution in [0.4, 0.5) is 0 Å². The van der Waals surface area contributed by atoms with Crippen LogP contribution in [0.5, 0.6) is 0 Å². The first-order valence-electron chi connectivity index (χ1n) is 7.22. The van der Waals surface area contributed by atoms with Crippen molar-refractivity contribution in [3.8, 4) is 0 Å². The van der Waals surface area contributed by atoms with Gasteiger partial charge >= 0.3 is 0 Å². The molecule has 1 saturated heterocycles. The normalized spacial score (nSPS) is 18.1. The lowest BCUT2D eigenvalue weighted by Crippen LogP contribution is -2.35. The fraction of sp³-hybridized carbons (Fsp3) is 0.625. The number of nitrogens with zero attached hydrogens (tertiary/aromatic N) is 1. The number of ether oxygens (including phenoxy) is 1. The van der Waals surface area contributed by atoms with Gasteiger partial charge in [0, 0.05) is 6.54 Å². The van der Waals surface area contributed by atoms with Gasteiger partial charge in [-0.15, -0.1) is 0 Å². The molecule has 0 atom stereocenters. The largest absolute Gasteiger partial charge is 0.375 e. The predicted octanol–water partition coefficient (Wildman–Crippen LogP) is 3.33. The van der Waals surface area contributed by atoms with E-state index in [9.17, 15) is 0 Å². The summed E-state index contributed by atoms with van der Waals surface area (Å²) in [5.41, 5.74) is 1.27. The van der Waals surface area contributed by atoms with Gasteiger partial charge in [-0.1, -0.05) is 43.7 Å². The van der Waals surface area contributed by atoms with Crippen LogP contribution in [0.25, 0.3) is 0 Å². The summed E-state index contributed by atoms with van der Waals surface area (Å²) < 4.78 is 5.73. The molecular weight excluding hydrogens is 222 g/mol. The zero-order chi connectivity index (χ0) is 12.6. The van der Waals surface area contributed by atoms with Crippen LogP contribution in [0.15, 0.2) is 30.3 Å². The third-order valence-electron chi connectivity index (χ3n) is 3.95. The highest BCUT2D eigenvalue weighted by atomic mass is 16.5. The van der Waals surface area contributed by atoms with E-state index in [0.717, 1.165) is 25.7 Å². The Morgan fingerprint density at radius 1 is 1.17 bits per heavy atom. The van der Waals surface area contributed by atoms with E-state index < -0.39 is 0 Å². The van der Waals surface area contributed by atoms with Crippen molar-refractivity contribution in [2.45, 2.75) is 32.8 Å². The Kier molecular flexibility index (Phi) is 5.69. The maximum atomic E-state index is 5.73. The zero-order valence-corrected chi connectivity index (χ0v) is 11.5. The minimum Gasteiger partial charge on any atom is -0.375 e. The molecule has 2 heteroatoms. The molecule has 1 aliphatic heterocycles. The van der Waals surface area contributed by atoms with Crippen molar-refractivity contribution in [1.82, 2.24) is 4.90 Å². The number of piperidine rings is 1. The van der Waals surface area contributed by atoms with Crippen molar-refractivity contribution in [2.75, 3.05) is 26.2 Å². The molecule has 0 saturated carbocycles. The van der Waals surface area contributed by atoms with Gasteiger partial charge in [0.1, 0.15) is 0 Å². The number of hydrogen-bond acceptors (Lipinski definition) is 2.